The lowest BCUT2D eigenvalue weighted by Crippen LogP contribution is -2.29. The van der Waals surface area contributed by atoms with Gasteiger partial charge in [-0.1, -0.05) is 24.3 Å². The van der Waals surface area contributed by atoms with Gasteiger partial charge in [0.05, 0.1) is 4.91 Å². The second kappa shape index (κ2) is 8.34. The summed E-state index contributed by atoms with van der Waals surface area (Å²) in [7, 11) is 0.0425. The molecule has 0 atom stereocenters. The minimum Gasteiger partial charge on any atom is -0.378 e. The fraction of sp³-hybridized carbons (Fsp3) is 0.158. The molecule has 0 bridgehead atoms. The summed E-state index contributed by atoms with van der Waals surface area (Å²) in [4.78, 5) is 16.5. The third-order valence-corrected chi connectivity index (χ3v) is 7.62. The summed E-state index contributed by atoms with van der Waals surface area (Å²) in [5, 5.41) is 1.80. The van der Waals surface area contributed by atoms with E-state index in [9.17, 15) is 13.2 Å². The number of anilines is 1. The lowest BCUT2D eigenvalue weighted by atomic mass is 10.2. The van der Waals surface area contributed by atoms with Crippen LogP contribution in [0, 0.1) is 0 Å². The molecule has 1 saturated heterocycles. The molecule has 28 heavy (non-hydrogen) atoms. The van der Waals surface area contributed by atoms with Gasteiger partial charge in [0.1, 0.15) is 4.21 Å². The highest BCUT2D eigenvalue weighted by Gasteiger charge is 2.34. The minimum atomic E-state index is -3.86. The first-order valence-corrected chi connectivity index (χ1v) is 11.4. The Bertz CT molecular complexity index is 1040. The van der Waals surface area contributed by atoms with E-state index in [2.05, 4.69) is 11.0 Å². The smallest absolute Gasteiger partial charge is 0.294 e. The van der Waals surface area contributed by atoms with Gasteiger partial charge in [0.15, 0.2) is 5.17 Å². The molecule has 0 radical (unpaired) electrons. The molecule has 6 nitrogen and oxygen atoms in total. The quantitative estimate of drug-likeness (QED) is 0.514. The van der Waals surface area contributed by atoms with Crippen LogP contribution in [0.15, 0.2) is 67.9 Å². The van der Waals surface area contributed by atoms with Crippen LogP contribution < -0.4 is 4.90 Å². The summed E-state index contributed by atoms with van der Waals surface area (Å²) in [5.74, 6) is -0.290. The first kappa shape index (κ1) is 20.4. The van der Waals surface area contributed by atoms with Crippen molar-refractivity contribution < 1.29 is 13.2 Å². The number of nitrogens with zero attached hydrogens (tertiary/aromatic N) is 3. The van der Waals surface area contributed by atoms with E-state index in [-0.39, 0.29) is 21.8 Å². The predicted molar refractivity (Wildman–Crippen MR) is 117 cm³/mol. The van der Waals surface area contributed by atoms with Crippen LogP contribution in [0.3, 0.4) is 0 Å². The largest absolute Gasteiger partial charge is 0.378 e. The van der Waals surface area contributed by atoms with E-state index in [4.69, 9.17) is 0 Å². The number of carbonyl (C=O) groups excluding carboxylic acids is 1. The van der Waals surface area contributed by atoms with Crippen molar-refractivity contribution in [2.75, 3.05) is 25.5 Å². The fourth-order valence-corrected chi connectivity index (χ4v) is 5.60. The van der Waals surface area contributed by atoms with Crippen molar-refractivity contribution in [2.24, 2.45) is 4.40 Å². The molecule has 1 aromatic carbocycles. The van der Waals surface area contributed by atoms with Crippen molar-refractivity contribution in [1.29, 1.82) is 0 Å². The van der Waals surface area contributed by atoms with Crippen molar-refractivity contribution >= 4 is 56.0 Å². The number of thiophene rings is 1. The number of amidine groups is 1. The molecule has 0 unspecified atom stereocenters. The Balaban J connectivity index is 1.94. The minimum absolute atomic E-state index is 0.134. The summed E-state index contributed by atoms with van der Waals surface area (Å²) in [6.45, 7) is 3.83. The molecule has 1 aliphatic heterocycles. The molecule has 0 saturated carbocycles. The highest BCUT2D eigenvalue weighted by atomic mass is 32.2. The van der Waals surface area contributed by atoms with Crippen molar-refractivity contribution in [2.45, 2.75) is 4.21 Å². The summed E-state index contributed by atoms with van der Waals surface area (Å²) < 4.78 is 29.0. The Labute approximate surface area is 172 Å². The number of benzene rings is 1. The molecule has 9 heteroatoms. The van der Waals surface area contributed by atoms with Crippen molar-refractivity contribution in [3.8, 4) is 0 Å². The summed E-state index contributed by atoms with van der Waals surface area (Å²) >= 11 is 2.14. The molecule has 3 rings (SSSR count). The van der Waals surface area contributed by atoms with Gasteiger partial charge in [-0.15, -0.1) is 22.3 Å². The van der Waals surface area contributed by atoms with Gasteiger partial charge in [-0.3, -0.25) is 9.69 Å². The van der Waals surface area contributed by atoms with Crippen molar-refractivity contribution in [3.05, 3.63) is 64.9 Å². The van der Waals surface area contributed by atoms with Gasteiger partial charge in [0.25, 0.3) is 15.9 Å². The summed E-state index contributed by atoms with van der Waals surface area (Å²) in [6, 6.07) is 10.9. The van der Waals surface area contributed by atoms with Gasteiger partial charge >= 0.3 is 0 Å². The molecule has 0 N–H and O–H groups in total. The van der Waals surface area contributed by atoms with Gasteiger partial charge in [-0.25, -0.2) is 0 Å². The summed E-state index contributed by atoms with van der Waals surface area (Å²) in [6.07, 6.45) is 3.28. The lowest BCUT2D eigenvalue weighted by Gasteiger charge is -2.12. The van der Waals surface area contributed by atoms with Crippen LogP contribution in [0.1, 0.15) is 5.56 Å². The van der Waals surface area contributed by atoms with Crippen molar-refractivity contribution in [1.82, 2.24) is 4.90 Å². The number of rotatable bonds is 6. The zero-order chi connectivity index (χ0) is 20.3. The second-order valence-corrected chi connectivity index (χ2v) is 9.87. The molecule has 2 heterocycles. The number of carbonyl (C=O) groups is 1. The van der Waals surface area contributed by atoms with Crippen LogP contribution in [-0.4, -0.2) is 45.0 Å². The Kier molecular flexibility index (Phi) is 6.07. The van der Waals surface area contributed by atoms with Crippen molar-refractivity contribution in [3.63, 3.8) is 0 Å². The van der Waals surface area contributed by atoms with E-state index in [1.54, 1.807) is 23.6 Å². The standard InChI is InChI=1S/C19H19N3O3S3/c1-4-11-22-18(23)16(13-14-7-9-15(10-8-14)21(2)3)27-19(22)20-28(24,25)17-6-5-12-26-17/h4-10,12-13H,1,11H2,2-3H3/b16-13-,20-19+. The van der Waals surface area contributed by atoms with Crippen LogP contribution in [0.2, 0.25) is 0 Å². The molecular weight excluding hydrogens is 414 g/mol. The Morgan fingerprint density at radius 3 is 2.50 bits per heavy atom. The third-order valence-electron chi connectivity index (χ3n) is 3.85. The van der Waals surface area contributed by atoms with E-state index in [0.717, 1.165) is 34.3 Å². The second-order valence-electron chi connectivity index (χ2n) is 6.08. The van der Waals surface area contributed by atoms with Crippen LogP contribution in [-0.2, 0) is 14.8 Å². The zero-order valence-corrected chi connectivity index (χ0v) is 17.9. The number of hydrogen-bond acceptors (Lipinski definition) is 6. The topological polar surface area (TPSA) is 70.1 Å². The molecule has 0 aliphatic carbocycles. The van der Waals surface area contributed by atoms with Gasteiger partial charge in [0, 0.05) is 26.3 Å². The Hall–Kier alpha value is -2.36. The lowest BCUT2D eigenvalue weighted by molar-refractivity contribution is -0.121. The number of thioether (sulfide) groups is 1. The Morgan fingerprint density at radius 2 is 1.93 bits per heavy atom. The molecule has 1 amide bonds. The van der Waals surface area contributed by atoms with Crippen LogP contribution >= 0.6 is 23.1 Å². The molecule has 146 valence electrons. The number of amides is 1. The highest BCUT2D eigenvalue weighted by molar-refractivity contribution is 8.19. The Morgan fingerprint density at radius 1 is 1.21 bits per heavy atom. The first-order chi connectivity index (χ1) is 13.3. The average Bonchev–Trinajstić information content (AvgIpc) is 3.28. The predicted octanol–water partition coefficient (Wildman–Crippen LogP) is 3.66. The number of hydrogen-bond donors (Lipinski definition) is 0. The zero-order valence-electron chi connectivity index (χ0n) is 15.4. The van der Waals surface area contributed by atoms with Gasteiger partial charge in [-0.05, 0) is 47.0 Å². The van der Waals surface area contributed by atoms with E-state index < -0.39 is 10.0 Å². The van der Waals surface area contributed by atoms with E-state index in [1.807, 2.05) is 43.3 Å². The van der Waals surface area contributed by atoms with Gasteiger partial charge in [0.2, 0.25) is 0 Å². The maximum atomic E-state index is 12.8. The normalized spacial score (nSPS) is 17.5. The van der Waals surface area contributed by atoms with Crippen LogP contribution in [0.5, 0.6) is 0 Å². The highest BCUT2D eigenvalue weighted by Crippen LogP contribution is 2.34. The number of sulfonamides is 1. The molecule has 0 spiro atoms. The molecular formula is C19H19N3O3S3. The third kappa shape index (κ3) is 4.37. The maximum Gasteiger partial charge on any atom is 0.294 e. The van der Waals surface area contributed by atoms with E-state index in [0.29, 0.717) is 4.91 Å². The monoisotopic (exact) mass is 433 g/mol. The molecule has 1 aromatic heterocycles. The molecule has 1 aliphatic rings. The van der Waals surface area contributed by atoms with E-state index in [1.165, 1.54) is 11.0 Å². The van der Waals surface area contributed by atoms with Crippen LogP contribution in [0.25, 0.3) is 6.08 Å². The maximum absolute atomic E-state index is 12.8. The summed E-state index contributed by atoms with van der Waals surface area (Å²) in [5.41, 5.74) is 1.90. The molecule has 2 aromatic rings. The van der Waals surface area contributed by atoms with Crippen LogP contribution in [0.4, 0.5) is 5.69 Å². The first-order valence-electron chi connectivity index (χ1n) is 8.30. The van der Waals surface area contributed by atoms with Gasteiger partial charge in [-0.2, -0.15) is 8.42 Å². The average molecular weight is 434 g/mol. The SMILES string of the molecule is C=CCN1C(=O)/C(=C/c2ccc(N(C)C)cc2)S/C1=N/S(=O)(=O)c1cccs1. The van der Waals surface area contributed by atoms with E-state index >= 15 is 0 Å². The molecule has 1 fully saturated rings. The van der Waals surface area contributed by atoms with Gasteiger partial charge < -0.3 is 4.90 Å². The fourth-order valence-electron chi connectivity index (χ4n) is 2.44.